The highest BCUT2D eigenvalue weighted by Gasteiger charge is 2.11. The molecule has 0 saturated heterocycles. The van der Waals surface area contributed by atoms with Crippen LogP contribution in [0.1, 0.15) is 44.6 Å². The van der Waals surface area contributed by atoms with Crippen molar-refractivity contribution < 1.29 is 4.79 Å². The number of nitrogens with one attached hydrogen (secondary N) is 2. The highest BCUT2D eigenvalue weighted by Crippen LogP contribution is 2.21. The normalized spacial score (nSPS) is 15.5. The third-order valence-electron chi connectivity index (χ3n) is 3.14. The van der Waals surface area contributed by atoms with Gasteiger partial charge in [-0.15, -0.1) is 0 Å². The van der Waals surface area contributed by atoms with Crippen molar-refractivity contribution in [3.8, 4) is 0 Å². The van der Waals surface area contributed by atoms with Crippen LogP contribution in [0.5, 0.6) is 0 Å². The zero-order valence-corrected chi connectivity index (χ0v) is 10.3. The minimum atomic E-state index is 0.0529. The number of hydrogen-bond acceptors (Lipinski definition) is 2. The molecule has 17 heavy (non-hydrogen) atoms. The van der Waals surface area contributed by atoms with Crippen LogP contribution in [0.3, 0.4) is 0 Å². The number of carbonyl (C=O) groups is 1. The third-order valence-corrected chi connectivity index (χ3v) is 3.14. The molecule has 0 aromatic carbocycles. The maximum atomic E-state index is 11.8. The van der Waals surface area contributed by atoms with Gasteiger partial charge in [-0.2, -0.15) is 5.10 Å². The first-order chi connectivity index (χ1) is 8.29. The minimum absolute atomic E-state index is 0.0529. The molecular weight excluding hydrogens is 214 g/mol. The average Bonchev–Trinajstić information content (AvgIpc) is 2.77. The molecule has 2 rings (SSSR count). The van der Waals surface area contributed by atoms with Gasteiger partial charge in [0.2, 0.25) is 5.91 Å². The van der Waals surface area contributed by atoms with Crippen LogP contribution in [0, 0.1) is 0 Å². The summed E-state index contributed by atoms with van der Waals surface area (Å²) >= 11 is 0. The number of aromatic amines is 1. The van der Waals surface area contributed by atoms with Gasteiger partial charge in [0.25, 0.3) is 0 Å². The van der Waals surface area contributed by atoms with E-state index in [-0.39, 0.29) is 5.91 Å². The second kappa shape index (κ2) is 5.66. The Kier molecular flexibility index (Phi) is 3.96. The summed E-state index contributed by atoms with van der Waals surface area (Å²) in [5, 5.41) is 9.65. The van der Waals surface area contributed by atoms with Crippen molar-refractivity contribution in [3.63, 3.8) is 0 Å². The maximum absolute atomic E-state index is 11.8. The van der Waals surface area contributed by atoms with E-state index in [0.29, 0.717) is 6.42 Å². The van der Waals surface area contributed by atoms with Crippen molar-refractivity contribution >= 4 is 11.7 Å². The molecule has 1 aromatic heterocycles. The van der Waals surface area contributed by atoms with Crippen molar-refractivity contribution in [2.45, 2.75) is 45.4 Å². The summed E-state index contributed by atoms with van der Waals surface area (Å²) in [6.07, 6.45) is 10.0. The number of nitrogens with zero attached hydrogens (tertiary/aromatic N) is 1. The first kappa shape index (κ1) is 11.9. The summed E-state index contributed by atoms with van der Waals surface area (Å²) in [7, 11) is 0. The van der Waals surface area contributed by atoms with Crippen LogP contribution in [0.4, 0.5) is 5.82 Å². The summed E-state index contributed by atoms with van der Waals surface area (Å²) in [6, 6.07) is 0. The van der Waals surface area contributed by atoms with Gasteiger partial charge in [-0.3, -0.25) is 9.89 Å². The number of carbonyl (C=O) groups excluding carboxylic acids is 1. The molecule has 1 aromatic rings. The highest BCUT2D eigenvalue weighted by molar-refractivity contribution is 5.92. The second-order valence-corrected chi connectivity index (χ2v) is 4.46. The fraction of sp³-hybridized carbons (Fsp3) is 0.538. The van der Waals surface area contributed by atoms with E-state index in [1.165, 1.54) is 18.4 Å². The molecule has 0 bridgehead atoms. The molecular formula is C13H19N3O. The number of rotatable bonds is 4. The average molecular weight is 233 g/mol. The fourth-order valence-corrected chi connectivity index (χ4v) is 2.14. The summed E-state index contributed by atoms with van der Waals surface area (Å²) in [6.45, 7) is 2.05. The zero-order chi connectivity index (χ0) is 12.1. The molecule has 0 radical (unpaired) electrons. The molecule has 0 saturated carbocycles. The van der Waals surface area contributed by atoms with Crippen molar-refractivity contribution in [1.29, 1.82) is 0 Å². The van der Waals surface area contributed by atoms with E-state index in [9.17, 15) is 4.79 Å². The van der Waals surface area contributed by atoms with Crippen LogP contribution in [0.2, 0.25) is 0 Å². The second-order valence-electron chi connectivity index (χ2n) is 4.46. The molecule has 1 amide bonds. The Bertz CT molecular complexity index is 420. The van der Waals surface area contributed by atoms with Gasteiger partial charge < -0.3 is 5.32 Å². The Balaban J connectivity index is 1.91. The largest absolute Gasteiger partial charge is 0.311 e. The van der Waals surface area contributed by atoms with Crippen LogP contribution >= 0.6 is 0 Å². The predicted octanol–water partition coefficient (Wildman–Crippen LogP) is 2.80. The molecule has 4 nitrogen and oxygen atoms in total. The molecule has 0 unspecified atom stereocenters. The quantitative estimate of drug-likeness (QED) is 0.786. The lowest BCUT2D eigenvalue weighted by Gasteiger charge is -2.12. The molecule has 1 aliphatic carbocycles. The first-order valence-electron chi connectivity index (χ1n) is 6.29. The third kappa shape index (κ3) is 3.19. The lowest BCUT2D eigenvalue weighted by atomic mass is 9.97. The summed E-state index contributed by atoms with van der Waals surface area (Å²) in [5.74, 6) is 0.797. The lowest BCUT2D eigenvalue weighted by Crippen LogP contribution is -2.14. The molecule has 0 aliphatic heterocycles. The number of hydrogen-bond donors (Lipinski definition) is 2. The van der Waals surface area contributed by atoms with E-state index in [2.05, 4.69) is 21.6 Å². The molecule has 1 aliphatic rings. The van der Waals surface area contributed by atoms with Crippen LogP contribution < -0.4 is 5.32 Å². The van der Waals surface area contributed by atoms with Gasteiger partial charge >= 0.3 is 0 Å². The Morgan fingerprint density at radius 3 is 3.12 bits per heavy atom. The highest BCUT2D eigenvalue weighted by atomic mass is 16.1. The number of aromatic nitrogens is 2. The number of anilines is 1. The van der Waals surface area contributed by atoms with Gasteiger partial charge in [-0.25, -0.2) is 0 Å². The van der Waals surface area contributed by atoms with Gasteiger partial charge in [0, 0.05) is 12.0 Å². The Morgan fingerprint density at radius 1 is 1.53 bits per heavy atom. The number of H-pyrrole nitrogens is 1. The fourth-order valence-electron chi connectivity index (χ4n) is 2.14. The van der Waals surface area contributed by atoms with Crippen LogP contribution in [0.25, 0.3) is 0 Å². The molecule has 0 atom stereocenters. The summed E-state index contributed by atoms with van der Waals surface area (Å²) in [5.41, 5.74) is 2.32. The van der Waals surface area contributed by atoms with Crippen molar-refractivity contribution in [3.05, 3.63) is 23.4 Å². The first-order valence-corrected chi connectivity index (χ1v) is 6.29. The number of aryl methyl sites for hydroxylation is 1. The molecule has 1 heterocycles. The van der Waals surface area contributed by atoms with Crippen LogP contribution in [-0.2, 0) is 11.2 Å². The minimum Gasteiger partial charge on any atom is -0.311 e. The summed E-state index contributed by atoms with van der Waals surface area (Å²) in [4.78, 5) is 11.8. The standard InChI is InChI=1S/C13H19N3O/c1-2-11-9-14-16-13(11)15-12(17)8-10-6-4-3-5-7-10/h6,9H,2-5,7-8H2,1H3,(H2,14,15,16,17). The SMILES string of the molecule is CCc1cn[nH]c1NC(=O)CC1=CCCCC1. The Labute approximate surface area is 101 Å². The van der Waals surface area contributed by atoms with E-state index < -0.39 is 0 Å². The van der Waals surface area contributed by atoms with Crippen molar-refractivity contribution in [2.75, 3.05) is 5.32 Å². The van der Waals surface area contributed by atoms with Crippen LogP contribution in [0.15, 0.2) is 17.8 Å². The Morgan fingerprint density at radius 2 is 2.41 bits per heavy atom. The van der Waals surface area contributed by atoms with Gasteiger partial charge in [-0.05, 0) is 32.1 Å². The van der Waals surface area contributed by atoms with E-state index in [1.807, 2.05) is 6.92 Å². The molecule has 4 heteroatoms. The molecule has 0 fully saturated rings. The molecule has 2 N–H and O–H groups in total. The van der Waals surface area contributed by atoms with Gasteiger partial charge in [-0.1, -0.05) is 18.6 Å². The van der Waals surface area contributed by atoms with Crippen LogP contribution in [-0.4, -0.2) is 16.1 Å². The topological polar surface area (TPSA) is 57.8 Å². The van der Waals surface area contributed by atoms with Crippen molar-refractivity contribution in [2.24, 2.45) is 0 Å². The maximum Gasteiger partial charge on any atom is 0.229 e. The smallest absolute Gasteiger partial charge is 0.229 e. The van der Waals surface area contributed by atoms with Gasteiger partial charge in [0.05, 0.1) is 6.20 Å². The summed E-state index contributed by atoms with van der Waals surface area (Å²) < 4.78 is 0. The lowest BCUT2D eigenvalue weighted by molar-refractivity contribution is -0.115. The zero-order valence-electron chi connectivity index (χ0n) is 10.3. The van der Waals surface area contributed by atoms with Gasteiger partial charge in [0.1, 0.15) is 5.82 Å². The van der Waals surface area contributed by atoms with Crippen molar-refractivity contribution in [1.82, 2.24) is 10.2 Å². The van der Waals surface area contributed by atoms with E-state index in [1.54, 1.807) is 6.20 Å². The predicted molar refractivity (Wildman–Crippen MR) is 67.8 cm³/mol. The Hall–Kier alpha value is -1.58. The number of amides is 1. The molecule has 92 valence electrons. The monoisotopic (exact) mass is 233 g/mol. The van der Waals surface area contributed by atoms with E-state index in [4.69, 9.17) is 0 Å². The van der Waals surface area contributed by atoms with E-state index in [0.717, 1.165) is 30.6 Å². The van der Waals surface area contributed by atoms with Gasteiger partial charge in [0.15, 0.2) is 0 Å². The molecule has 0 spiro atoms. The number of allylic oxidation sites excluding steroid dienone is 1. The van der Waals surface area contributed by atoms with E-state index >= 15 is 0 Å².